The Balaban J connectivity index is 1.56. The minimum atomic E-state index is -0.968. The maximum Gasteiger partial charge on any atom is 0.244 e. The summed E-state index contributed by atoms with van der Waals surface area (Å²) in [5, 5.41) is 7.62. The minimum absolute atomic E-state index is 0.337. The molecule has 8 nitrogen and oxygen atoms in total. The lowest BCUT2D eigenvalue weighted by molar-refractivity contribution is 0.313. The van der Waals surface area contributed by atoms with Gasteiger partial charge in [-0.25, -0.2) is 8.91 Å². The lowest BCUT2D eigenvalue weighted by Gasteiger charge is -2.15. The number of halogens is 1. The quantitative estimate of drug-likeness (QED) is 0.570. The van der Waals surface area contributed by atoms with Gasteiger partial charge in [-0.1, -0.05) is 6.07 Å². The van der Waals surface area contributed by atoms with Crippen molar-refractivity contribution >= 4 is 22.5 Å². The highest BCUT2D eigenvalue weighted by Crippen LogP contribution is 2.32. The van der Waals surface area contributed by atoms with Crippen molar-refractivity contribution in [3.63, 3.8) is 0 Å². The standard InChI is InChI=1S/C20H20FN7O/c1-27-10-14(21)17(11-27)24-20-25-19(29-2)18-13(5-8-28(18)26-20)12-3-4-15-16(9-12)23-7-6-22-15/h3-9,14,17H,10-11H2,1-2H3,(H,24,26)/t14-,17+/m0/s1. The van der Waals surface area contributed by atoms with Crippen molar-refractivity contribution in [1.82, 2.24) is 29.5 Å². The Morgan fingerprint density at radius 3 is 2.72 bits per heavy atom. The predicted molar refractivity (Wildman–Crippen MR) is 108 cm³/mol. The fourth-order valence-corrected chi connectivity index (χ4v) is 3.81. The van der Waals surface area contributed by atoms with Crippen molar-refractivity contribution in [2.75, 3.05) is 32.6 Å². The van der Waals surface area contributed by atoms with Gasteiger partial charge in [0.05, 0.1) is 24.2 Å². The Bertz CT molecular complexity index is 1190. The van der Waals surface area contributed by atoms with Crippen LogP contribution in [0.25, 0.3) is 27.7 Å². The average Bonchev–Trinajstić information content (AvgIpc) is 3.29. The zero-order valence-electron chi connectivity index (χ0n) is 16.1. The van der Waals surface area contributed by atoms with Crippen LogP contribution in [-0.2, 0) is 0 Å². The number of likely N-dealkylation sites (N-methyl/N-ethyl adjacent to an activating group) is 1. The van der Waals surface area contributed by atoms with Crippen molar-refractivity contribution in [1.29, 1.82) is 0 Å². The smallest absolute Gasteiger partial charge is 0.244 e. The molecule has 0 bridgehead atoms. The maximum atomic E-state index is 14.2. The summed E-state index contributed by atoms with van der Waals surface area (Å²) in [4.78, 5) is 15.1. The molecule has 4 heterocycles. The number of ether oxygens (including phenoxy) is 1. The number of nitrogens with zero attached hydrogens (tertiary/aromatic N) is 6. The Labute approximate surface area is 166 Å². The normalized spacial score (nSPS) is 19.8. The molecule has 0 spiro atoms. The van der Waals surface area contributed by atoms with Crippen LogP contribution in [0.1, 0.15) is 0 Å². The molecule has 2 atom stereocenters. The molecule has 1 saturated heterocycles. The molecular weight excluding hydrogens is 373 g/mol. The summed E-state index contributed by atoms with van der Waals surface area (Å²) in [5.74, 6) is 0.757. The lowest BCUT2D eigenvalue weighted by atomic mass is 10.1. The van der Waals surface area contributed by atoms with Crippen LogP contribution < -0.4 is 10.1 Å². The van der Waals surface area contributed by atoms with Gasteiger partial charge in [0.2, 0.25) is 11.8 Å². The number of hydrogen-bond acceptors (Lipinski definition) is 7. The van der Waals surface area contributed by atoms with E-state index in [4.69, 9.17) is 4.74 Å². The van der Waals surface area contributed by atoms with Crippen LogP contribution in [0.2, 0.25) is 0 Å². The van der Waals surface area contributed by atoms with E-state index in [9.17, 15) is 4.39 Å². The first-order valence-corrected chi connectivity index (χ1v) is 9.36. The number of alkyl halides is 1. The number of rotatable bonds is 4. The lowest BCUT2D eigenvalue weighted by Crippen LogP contribution is -2.30. The number of likely N-dealkylation sites (tertiary alicyclic amines) is 1. The summed E-state index contributed by atoms with van der Waals surface area (Å²) in [7, 11) is 3.46. The first kappa shape index (κ1) is 17.7. The summed E-state index contributed by atoms with van der Waals surface area (Å²) >= 11 is 0. The van der Waals surface area contributed by atoms with Gasteiger partial charge < -0.3 is 15.0 Å². The molecular formula is C20H20FN7O. The average molecular weight is 393 g/mol. The maximum absolute atomic E-state index is 14.2. The molecule has 1 N–H and O–H groups in total. The van der Waals surface area contributed by atoms with Crippen LogP contribution in [0.3, 0.4) is 0 Å². The van der Waals surface area contributed by atoms with Crippen LogP contribution in [0.5, 0.6) is 5.88 Å². The molecule has 1 aromatic carbocycles. The van der Waals surface area contributed by atoms with E-state index in [1.165, 1.54) is 0 Å². The molecule has 0 radical (unpaired) electrons. The van der Waals surface area contributed by atoms with Crippen LogP contribution in [0.4, 0.5) is 10.3 Å². The number of benzene rings is 1. The molecule has 0 saturated carbocycles. The highest BCUT2D eigenvalue weighted by molar-refractivity contribution is 5.89. The van der Waals surface area contributed by atoms with E-state index >= 15 is 0 Å². The largest absolute Gasteiger partial charge is 0.479 e. The summed E-state index contributed by atoms with van der Waals surface area (Å²) in [6.07, 6.45) is 4.22. The Kier molecular flexibility index (Phi) is 4.24. The van der Waals surface area contributed by atoms with Gasteiger partial charge in [0.15, 0.2) is 0 Å². The Hall–Kier alpha value is -3.33. The van der Waals surface area contributed by atoms with Crippen molar-refractivity contribution in [3.8, 4) is 17.0 Å². The summed E-state index contributed by atoms with van der Waals surface area (Å²) in [6.45, 7) is 0.996. The van der Waals surface area contributed by atoms with Gasteiger partial charge in [0.25, 0.3) is 0 Å². The topological polar surface area (TPSA) is 80.5 Å². The Morgan fingerprint density at radius 2 is 1.97 bits per heavy atom. The molecule has 4 aromatic rings. The van der Waals surface area contributed by atoms with Gasteiger partial charge in [0, 0.05) is 37.2 Å². The summed E-state index contributed by atoms with van der Waals surface area (Å²) in [5.41, 5.74) is 4.26. The molecule has 3 aromatic heterocycles. The third kappa shape index (κ3) is 3.13. The highest BCUT2D eigenvalue weighted by Gasteiger charge is 2.31. The summed E-state index contributed by atoms with van der Waals surface area (Å²) < 4.78 is 21.4. The molecule has 0 amide bonds. The third-order valence-electron chi connectivity index (χ3n) is 5.20. The SMILES string of the molecule is COc1nc(N[C@@H]2CN(C)C[C@@H]2F)nn2ccc(-c3ccc4nccnc4c3)c12. The van der Waals surface area contributed by atoms with E-state index in [-0.39, 0.29) is 6.04 Å². The molecule has 1 aliphatic heterocycles. The van der Waals surface area contributed by atoms with E-state index in [1.54, 1.807) is 24.0 Å². The van der Waals surface area contributed by atoms with Crippen LogP contribution in [0, 0.1) is 0 Å². The second-order valence-corrected chi connectivity index (χ2v) is 7.22. The zero-order chi connectivity index (χ0) is 20.0. The number of anilines is 1. The van der Waals surface area contributed by atoms with Gasteiger partial charge >= 0.3 is 0 Å². The van der Waals surface area contributed by atoms with E-state index in [1.807, 2.05) is 42.4 Å². The van der Waals surface area contributed by atoms with Gasteiger partial charge in [0.1, 0.15) is 11.7 Å². The van der Waals surface area contributed by atoms with Gasteiger partial charge in [-0.2, -0.15) is 4.98 Å². The predicted octanol–water partition coefficient (Wildman–Crippen LogP) is 2.41. The van der Waals surface area contributed by atoms with Gasteiger partial charge in [-0.3, -0.25) is 9.97 Å². The molecule has 29 heavy (non-hydrogen) atoms. The molecule has 1 aliphatic rings. The second-order valence-electron chi connectivity index (χ2n) is 7.22. The number of methoxy groups -OCH3 is 1. The van der Waals surface area contributed by atoms with Crippen LogP contribution >= 0.6 is 0 Å². The van der Waals surface area contributed by atoms with Crippen molar-refractivity contribution in [3.05, 3.63) is 42.9 Å². The molecule has 1 fully saturated rings. The number of fused-ring (bicyclic) bond motifs is 2. The fourth-order valence-electron chi connectivity index (χ4n) is 3.81. The van der Waals surface area contributed by atoms with Crippen LogP contribution in [-0.4, -0.2) is 68.9 Å². The molecule has 9 heteroatoms. The number of nitrogens with one attached hydrogen (secondary N) is 1. The molecule has 0 unspecified atom stereocenters. The van der Waals surface area contributed by atoms with Crippen molar-refractivity contribution < 1.29 is 9.13 Å². The molecule has 0 aliphatic carbocycles. The first-order valence-electron chi connectivity index (χ1n) is 9.36. The van der Waals surface area contributed by atoms with Crippen LogP contribution in [0.15, 0.2) is 42.9 Å². The number of hydrogen-bond donors (Lipinski definition) is 1. The van der Waals surface area contributed by atoms with Crippen molar-refractivity contribution in [2.45, 2.75) is 12.2 Å². The number of aromatic nitrogens is 5. The first-order chi connectivity index (χ1) is 14.1. The molecule has 5 rings (SSSR count). The van der Waals surface area contributed by atoms with Gasteiger partial charge in [-0.15, -0.1) is 5.10 Å². The second kappa shape index (κ2) is 6.93. The minimum Gasteiger partial charge on any atom is -0.479 e. The Morgan fingerprint density at radius 1 is 1.14 bits per heavy atom. The van der Waals surface area contributed by atoms with E-state index in [0.29, 0.717) is 24.9 Å². The third-order valence-corrected chi connectivity index (χ3v) is 5.20. The zero-order valence-corrected chi connectivity index (χ0v) is 16.1. The summed E-state index contributed by atoms with van der Waals surface area (Å²) in [6, 6.07) is 7.50. The molecule has 148 valence electrons. The fraction of sp³-hybridized carbons (Fsp3) is 0.300. The van der Waals surface area contributed by atoms with Crippen molar-refractivity contribution in [2.24, 2.45) is 0 Å². The van der Waals surface area contributed by atoms with Gasteiger partial charge in [-0.05, 0) is 30.8 Å². The van der Waals surface area contributed by atoms with E-state index < -0.39 is 6.17 Å². The monoisotopic (exact) mass is 393 g/mol. The van der Waals surface area contributed by atoms with E-state index in [2.05, 4.69) is 25.4 Å². The highest BCUT2D eigenvalue weighted by atomic mass is 19.1. The van der Waals surface area contributed by atoms with E-state index in [0.717, 1.165) is 27.7 Å².